The van der Waals surface area contributed by atoms with Gasteiger partial charge in [0.05, 0.1) is 17.5 Å². The van der Waals surface area contributed by atoms with Crippen molar-refractivity contribution in [1.29, 1.82) is 0 Å². The van der Waals surface area contributed by atoms with E-state index < -0.39 is 0 Å². The highest BCUT2D eigenvalue weighted by molar-refractivity contribution is 14.1. The molecule has 164 valence electrons. The van der Waals surface area contributed by atoms with E-state index in [0.717, 1.165) is 34.3 Å². The van der Waals surface area contributed by atoms with Gasteiger partial charge in [-0.3, -0.25) is 14.3 Å². The molecule has 1 aromatic heterocycles. The average molecular weight is 773 g/mol. The van der Waals surface area contributed by atoms with E-state index in [1.165, 1.54) is 11.8 Å². The maximum atomic E-state index is 12.7. The van der Waals surface area contributed by atoms with Crippen molar-refractivity contribution in [3.05, 3.63) is 59.0 Å². The fourth-order valence-electron chi connectivity index (χ4n) is 3.16. The number of para-hydroxylation sites is 1. The zero-order valence-corrected chi connectivity index (χ0v) is 24.6. The second-order valence-corrected chi connectivity index (χ2v) is 11.5. The van der Waals surface area contributed by atoms with Crippen LogP contribution in [0.4, 0.5) is 5.69 Å². The molecular formula is C21H22I3N5OS. The molecule has 1 atom stereocenters. The number of benzene rings is 2. The molecule has 0 aliphatic carbocycles. The van der Waals surface area contributed by atoms with E-state index >= 15 is 0 Å². The van der Waals surface area contributed by atoms with Crippen molar-refractivity contribution in [2.75, 3.05) is 25.2 Å². The molecule has 0 fully saturated rings. The highest BCUT2D eigenvalue weighted by Crippen LogP contribution is 2.30. The third-order valence-corrected chi connectivity index (χ3v) is 7.84. The zero-order chi connectivity index (χ0) is 22.5. The Kier molecular flexibility index (Phi) is 9.43. The third kappa shape index (κ3) is 6.32. The highest BCUT2D eigenvalue weighted by Gasteiger charge is 2.23. The van der Waals surface area contributed by atoms with E-state index in [-0.39, 0.29) is 17.7 Å². The number of carbonyl (C=O) groups is 1. The Morgan fingerprint density at radius 3 is 2.35 bits per heavy atom. The molecule has 0 spiro atoms. The number of thioether (sulfide) groups is 1. The van der Waals surface area contributed by atoms with Crippen LogP contribution in [-0.2, 0) is 4.79 Å². The number of hydrogen-bond donors (Lipinski definition) is 1. The van der Waals surface area contributed by atoms with Crippen LogP contribution in [0.5, 0.6) is 0 Å². The first-order chi connectivity index (χ1) is 14.8. The summed E-state index contributed by atoms with van der Waals surface area (Å²) in [4.78, 5) is 14.9. The lowest BCUT2D eigenvalue weighted by molar-refractivity contribution is -0.113. The largest absolute Gasteiger partial charge is 0.324 e. The first-order valence-corrected chi connectivity index (χ1v) is 13.8. The van der Waals surface area contributed by atoms with Crippen molar-refractivity contribution in [3.8, 4) is 5.69 Å². The Bertz CT molecular complexity index is 1040. The van der Waals surface area contributed by atoms with Gasteiger partial charge in [-0.25, -0.2) is 0 Å². The Morgan fingerprint density at radius 1 is 1.13 bits per heavy atom. The third-order valence-electron chi connectivity index (χ3n) is 4.58. The molecule has 0 aliphatic rings. The molecule has 6 nitrogen and oxygen atoms in total. The first-order valence-electron chi connectivity index (χ1n) is 9.56. The summed E-state index contributed by atoms with van der Waals surface area (Å²) in [5.74, 6) is 1.07. The van der Waals surface area contributed by atoms with Crippen LogP contribution in [0.1, 0.15) is 25.2 Å². The van der Waals surface area contributed by atoms with Gasteiger partial charge in [-0.05, 0) is 113 Å². The summed E-state index contributed by atoms with van der Waals surface area (Å²) in [7, 11) is 4.09. The Balaban J connectivity index is 1.83. The topological polar surface area (TPSA) is 63.1 Å². The minimum Gasteiger partial charge on any atom is -0.324 e. The fourth-order valence-corrected chi connectivity index (χ4v) is 7.77. The van der Waals surface area contributed by atoms with Gasteiger partial charge in [-0.2, -0.15) is 0 Å². The van der Waals surface area contributed by atoms with E-state index in [1.54, 1.807) is 0 Å². The van der Waals surface area contributed by atoms with E-state index in [9.17, 15) is 4.79 Å². The number of rotatable bonds is 8. The van der Waals surface area contributed by atoms with Crippen molar-refractivity contribution in [1.82, 2.24) is 19.7 Å². The fraction of sp³-hybridized carbons (Fsp3) is 0.286. The molecular weight excluding hydrogens is 751 g/mol. The average Bonchev–Trinajstić information content (AvgIpc) is 3.13. The minimum absolute atomic E-state index is 0.0640. The van der Waals surface area contributed by atoms with Gasteiger partial charge in [0, 0.05) is 16.4 Å². The smallest absolute Gasteiger partial charge is 0.234 e. The Morgan fingerprint density at radius 2 is 1.77 bits per heavy atom. The molecule has 1 heterocycles. The SMILES string of the molecule is CC[C@H](c1nnc(SCC(=O)Nc2c(I)cc(I)cc2I)n1-c1ccccc1)N(C)C. The van der Waals surface area contributed by atoms with E-state index in [1.807, 2.05) is 44.4 Å². The van der Waals surface area contributed by atoms with Crippen molar-refractivity contribution in [2.45, 2.75) is 24.5 Å². The lowest BCUT2D eigenvalue weighted by Gasteiger charge is -2.23. The molecule has 10 heteroatoms. The number of amides is 1. The second-order valence-electron chi connectivity index (χ2n) is 6.98. The van der Waals surface area contributed by atoms with Crippen molar-refractivity contribution in [2.24, 2.45) is 0 Å². The second kappa shape index (κ2) is 11.6. The number of nitrogens with one attached hydrogen (secondary N) is 1. The number of hydrogen-bond acceptors (Lipinski definition) is 5. The number of carbonyl (C=O) groups excluding carboxylic acids is 1. The van der Waals surface area contributed by atoms with E-state index in [2.05, 4.69) is 112 Å². The number of anilines is 1. The monoisotopic (exact) mass is 773 g/mol. The molecule has 3 rings (SSSR count). The van der Waals surface area contributed by atoms with Crippen LogP contribution in [0.2, 0.25) is 0 Å². The van der Waals surface area contributed by atoms with Crippen molar-refractivity contribution < 1.29 is 4.79 Å². The van der Waals surface area contributed by atoms with Gasteiger partial charge in [-0.15, -0.1) is 10.2 Å². The molecule has 1 N–H and O–H groups in total. The molecule has 0 aliphatic heterocycles. The van der Waals surface area contributed by atoms with Gasteiger partial charge in [0.25, 0.3) is 0 Å². The van der Waals surface area contributed by atoms with Crippen LogP contribution in [0.25, 0.3) is 5.69 Å². The molecule has 1 amide bonds. The van der Waals surface area contributed by atoms with Crippen LogP contribution < -0.4 is 5.32 Å². The van der Waals surface area contributed by atoms with Gasteiger partial charge in [-0.1, -0.05) is 36.9 Å². The first kappa shape index (κ1) is 25.2. The van der Waals surface area contributed by atoms with Crippen LogP contribution in [0, 0.1) is 10.7 Å². The molecule has 2 aromatic carbocycles. The normalized spacial score (nSPS) is 12.2. The molecule has 3 aromatic rings. The quantitative estimate of drug-likeness (QED) is 0.231. The predicted molar refractivity (Wildman–Crippen MR) is 152 cm³/mol. The van der Waals surface area contributed by atoms with E-state index in [0.29, 0.717) is 5.16 Å². The molecule has 0 unspecified atom stereocenters. The molecule has 0 radical (unpaired) electrons. The van der Waals surface area contributed by atoms with Gasteiger partial charge in [0.1, 0.15) is 0 Å². The highest BCUT2D eigenvalue weighted by atomic mass is 127. The predicted octanol–water partition coefficient (Wildman–Crippen LogP) is 5.82. The Labute approximate surface area is 227 Å². The van der Waals surface area contributed by atoms with Crippen LogP contribution >= 0.6 is 79.5 Å². The summed E-state index contributed by atoms with van der Waals surface area (Å²) in [6.07, 6.45) is 0.910. The van der Waals surface area contributed by atoms with Gasteiger partial charge >= 0.3 is 0 Å². The molecule has 0 saturated heterocycles. The number of aromatic nitrogens is 3. The van der Waals surface area contributed by atoms with Crippen LogP contribution in [0.15, 0.2) is 47.6 Å². The maximum absolute atomic E-state index is 12.7. The van der Waals surface area contributed by atoms with Crippen molar-refractivity contribution in [3.63, 3.8) is 0 Å². The summed E-state index contributed by atoms with van der Waals surface area (Å²) < 4.78 is 5.26. The van der Waals surface area contributed by atoms with Gasteiger partial charge in [0.2, 0.25) is 5.91 Å². The standard InChI is InChI=1S/C21H22I3N5OS/c1-4-17(28(2)3)20-26-27-21(29(20)14-8-6-5-7-9-14)31-12-18(30)25-19-15(23)10-13(22)11-16(19)24/h5-11,17H,4,12H2,1-3H3,(H,25,30)/t17-/m1/s1. The molecule has 31 heavy (non-hydrogen) atoms. The summed E-state index contributed by atoms with van der Waals surface area (Å²) >= 11 is 8.19. The zero-order valence-electron chi connectivity index (χ0n) is 17.3. The summed E-state index contributed by atoms with van der Waals surface area (Å²) in [6, 6.07) is 14.3. The lowest BCUT2D eigenvalue weighted by Crippen LogP contribution is -2.23. The summed E-state index contributed by atoms with van der Waals surface area (Å²) in [6.45, 7) is 2.14. The molecule has 0 bridgehead atoms. The Hall–Kier alpha value is -0.450. The maximum Gasteiger partial charge on any atom is 0.234 e. The van der Waals surface area contributed by atoms with Crippen LogP contribution in [0.3, 0.4) is 0 Å². The van der Waals surface area contributed by atoms with Crippen LogP contribution in [-0.4, -0.2) is 45.4 Å². The minimum atomic E-state index is -0.0640. The lowest BCUT2D eigenvalue weighted by atomic mass is 10.2. The van der Waals surface area contributed by atoms with Crippen molar-refractivity contribution >= 4 is 91.1 Å². The summed E-state index contributed by atoms with van der Waals surface area (Å²) in [5.41, 5.74) is 1.85. The summed E-state index contributed by atoms with van der Waals surface area (Å²) in [5, 5.41) is 12.7. The number of nitrogens with zero attached hydrogens (tertiary/aromatic N) is 4. The van der Waals surface area contributed by atoms with Gasteiger partial charge < -0.3 is 5.32 Å². The molecule has 0 saturated carbocycles. The van der Waals surface area contributed by atoms with E-state index in [4.69, 9.17) is 0 Å². The van der Waals surface area contributed by atoms with Gasteiger partial charge in [0.15, 0.2) is 11.0 Å². The number of halogens is 3.